The van der Waals surface area contributed by atoms with E-state index in [2.05, 4.69) is 26.5 Å². The van der Waals surface area contributed by atoms with Gasteiger partial charge in [-0.2, -0.15) is 5.10 Å². The fourth-order valence-corrected chi connectivity index (χ4v) is 1.88. The van der Waals surface area contributed by atoms with Crippen LogP contribution in [-0.2, 0) is 4.79 Å². The lowest BCUT2D eigenvalue weighted by molar-refractivity contribution is -0.123. The average Bonchev–Trinajstić information content (AvgIpc) is 2.45. The van der Waals surface area contributed by atoms with E-state index in [1.807, 2.05) is 6.07 Å². The fourth-order valence-electron chi connectivity index (χ4n) is 1.50. The normalized spacial score (nSPS) is 10.6. The second-order valence-corrected chi connectivity index (χ2v) is 5.01. The Morgan fingerprint density at radius 2 is 2.10 bits per heavy atom. The molecule has 0 unspecified atom stereocenters. The summed E-state index contributed by atoms with van der Waals surface area (Å²) in [6.45, 7) is -0.156. The Morgan fingerprint density at radius 1 is 1.29 bits per heavy atom. The van der Waals surface area contributed by atoms with Gasteiger partial charge in [-0.25, -0.2) is 9.82 Å². The molecule has 0 radical (unpaired) electrons. The minimum Gasteiger partial charge on any atom is -0.484 e. The third-order valence-electron chi connectivity index (χ3n) is 2.42. The van der Waals surface area contributed by atoms with Crippen molar-refractivity contribution in [1.29, 1.82) is 0 Å². The van der Waals surface area contributed by atoms with Gasteiger partial charge in [0.05, 0.1) is 6.21 Å². The number of carbonyl (C=O) groups is 1. The van der Waals surface area contributed by atoms with Gasteiger partial charge < -0.3 is 4.74 Å². The Morgan fingerprint density at radius 3 is 2.86 bits per heavy atom. The Hall–Kier alpha value is -2.21. The minimum absolute atomic E-state index is 0.156. The number of benzene rings is 2. The van der Waals surface area contributed by atoms with Gasteiger partial charge in [0.2, 0.25) is 0 Å². The molecule has 6 heteroatoms. The third kappa shape index (κ3) is 5.35. The number of halogens is 2. The monoisotopic (exact) mass is 350 g/mol. The van der Waals surface area contributed by atoms with Gasteiger partial charge in [-0.05, 0) is 35.9 Å². The highest BCUT2D eigenvalue weighted by atomic mass is 79.9. The van der Waals surface area contributed by atoms with Crippen molar-refractivity contribution < 1.29 is 13.9 Å². The molecule has 0 bridgehead atoms. The molecular formula is C15H12BrFN2O2. The highest BCUT2D eigenvalue weighted by molar-refractivity contribution is 9.10. The van der Waals surface area contributed by atoms with Gasteiger partial charge in [0.15, 0.2) is 6.61 Å². The van der Waals surface area contributed by atoms with Gasteiger partial charge in [-0.3, -0.25) is 4.79 Å². The molecular weight excluding hydrogens is 339 g/mol. The van der Waals surface area contributed by atoms with Gasteiger partial charge in [-0.1, -0.05) is 34.1 Å². The van der Waals surface area contributed by atoms with Crippen molar-refractivity contribution in [3.05, 3.63) is 64.4 Å². The van der Waals surface area contributed by atoms with Gasteiger partial charge in [0.25, 0.3) is 5.91 Å². The van der Waals surface area contributed by atoms with Gasteiger partial charge >= 0.3 is 0 Å². The van der Waals surface area contributed by atoms with Crippen LogP contribution in [-0.4, -0.2) is 18.7 Å². The second-order valence-electron chi connectivity index (χ2n) is 4.09. The molecule has 2 aromatic carbocycles. The standard InChI is InChI=1S/C15H12BrFN2O2/c16-12-4-2-6-14(8-12)21-10-15(20)19-18-9-11-3-1-5-13(17)7-11/h1-9H,10H2,(H,19,20)/b18-9-. The summed E-state index contributed by atoms with van der Waals surface area (Å²) in [5.74, 6) is -0.181. The van der Waals surface area contributed by atoms with Crippen LogP contribution in [0.25, 0.3) is 0 Å². The molecule has 108 valence electrons. The predicted molar refractivity (Wildman–Crippen MR) is 81.8 cm³/mol. The number of rotatable bonds is 5. The van der Waals surface area contributed by atoms with Crippen LogP contribution >= 0.6 is 15.9 Å². The summed E-state index contributed by atoms with van der Waals surface area (Å²) in [6.07, 6.45) is 1.36. The molecule has 2 rings (SSSR count). The Kier molecular flexibility index (Phi) is 5.45. The number of amides is 1. The van der Waals surface area contributed by atoms with E-state index in [0.717, 1.165) is 4.47 Å². The van der Waals surface area contributed by atoms with E-state index in [0.29, 0.717) is 11.3 Å². The molecule has 0 saturated heterocycles. The molecule has 1 N–H and O–H groups in total. The molecule has 0 aliphatic heterocycles. The zero-order valence-electron chi connectivity index (χ0n) is 10.9. The first-order valence-corrected chi connectivity index (χ1v) is 6.88. The van der Waals surface area contributed by atoms with Crippen LogP contribution in [0.4, 0.5) is 4.39 Å². The third-order valence-corrected chi connectivity index (χ3v) is 2.91. The topological polar surface area (TPSA) is 50.7 Å². The molecule has 0 heterocycles. The zero-order valence-corrected chi connectivity index (χ0v) is 12.5. The van der Waals surface area contributed by atoms with Crippen molar-refractivity contribution in [2.45, 2.75) is 0 Å². The first-order chi connectivity index (χ1) is 10.1. The summed E-state index contributed by atoms with van der Waals surface area (Å²) in [5.41, 5.74) is 2.87. The lowest BCUT2D eigenvalue weighted by atomic mass is 10.2. The lowest BCUT2D eigenvalue weighted by Gasteiger charge is -2.05. The molecule has 1 amide bonds. The van der Waals surface area contributed by atoms with E-state index in [1.54, 1.807) is 30.3 Å². The maximum absolute atomic E-state index is 12.9. The predicted octanol–water partition coefficient (Wildman–Crippen LogP) is 3.12. The first-order valence-electron chi connectivity index (χ1n) is 6.09. The first kappa shape index (κ1) is 15.2. The quantitative estimate of drug-likeness (QED) is 0.665. The SMILES string of the molecule is O=C(COc1cccc(Br)c1)N/N=C\c1cccc(F)c1. The molecule has 21 heavy (non-hydrogen) atoms. The molecule has 0 aliphatic rings. The maximum Gasteiger partial charge on any atom is 0.277 e. The van der Waals surface area contributed by atoms with Crippen molar-refractivity contribution in [3.63, 3.8) is 0 Å². The summed E-state index contributed by atoms with van der Waals surface area (Å²) in [4.78, 5) is 11.5. The fraction of sp³-hybridized carbons (Fsp3) is 0.0667. The van der Waals surface area contributed by atoms with Crippen molar-refractivity contribution in [3.8, 4) is 5.75 Å². The van der Waals surface area contributed by atoms with E-state index >= 15 is 0 Å². The highest BCUT2D eigenvalue weighted by Gasteiger charge is 2.01. The Bertz CT molecular complexity index is 662. The van der Waals surface area contributed by atoms with E-state index < -0.39 is 5.91 Å². The number of hydrazone groups is 1. The number of nitrogens with one attached hydrogen (secondary N) is 1. The van der Waals surface area contributed by atoms with E-state index in [-0.39, 0.29) is 12.4 Å². The van der Waals surface area contributed by atoms with Crippen LogP contribution in [0.1, 0.15) is 5.56 Å². The molecule has 0 aliphatic carbocycles. The Labute approximate surface area is 129 Å². The summed E-state index contributed by atoms with van der Waals surface area (Å²) >= 11 is 3.31. The molecule has 4 nitrogen and oxygen atoms in total. The zero-order chi connectivity index (χ0) is 15.1. The van der Waals surface area contributed by atoms with Gasteiger partial charge in [0.1, 0.15) is 11.6 Å². The molecule has 0 atom stereocenters. The smallest absolute Gasteiger partial charge is 0.277 e. The molecule has 0 aromatic heterocycles. The number of nitrogens with zero attached hydrogens (tertiary/aromatic N) is 1. The summed E-state index contributed by atoms with van der Waals surface area (Å²) in [5, 5.41) is 3.73. The van der Waals surface area contributed by atoms with Gasteiger partial charge in [0, 0.05) is 4.47 Å². The van der Waals surface area contributed by atoms with Crippen molar-refractivity contribution in [2.24, 2.45) is 5.10 Å². The number of ether oxygens (including phenoxy) is 1. The number of hydrogen-bond donors (Lipinski definition) is 1. The van der Waals surface area contributed by atoms with Crippen molar-refractivity contribution in [1.82, 2.24) is 5.43 Å². The molecule has 0 fully saturated rings. The second kappa shape index (κ2) is 7.54. The molecule has 0 saturated carbocycles. The maximum atomic E-state index is 12.9. The highest BCUT2D eigenvalue weighted by Crippen LogP contribution is 2.17. The lowest BCUT2D eigenvalue weighted by Crippen LogP contribution is -2.24. The van der Waals surface area contributed by atoms with E-state index in [9.17, 15) is 9.18 Å². The number of hydrogen-bond acceptors (Lipinski definition) is 3. The number of carbonyl (C=O) groups excluding carboxylic acids is 1. The van der Waals surface area contributed by atoms with Crippen molar-refractivity contribution in [2.75, 3.05) is 6.61 Å². The van der Waals surface area contributed by atoms with Crippen molar-refractivity contribution >= 4 is 28.1 Å². The van der Waals surface area contributed by atoms with E-state index in [4.69, 9.17) is 4.74 Å². The largest absolute Gasteiger partial charge is 0.484 e. The van der Waals surface area contributed by atoms with Gasteiger partial charge in [-0.15, -0.1) is 0 Å². The summed E-state index contributed by atoms with van der Waals surface area (Å²) in [7, 11) is 0. The van der Waals surface area contributed by atoms with Crippen LogP contribution in [0.15, 0.2) is 58.1 Å². The molecule has 0 spiro atoms. The Balaban J connectivity index is 1.80. The van der Waals surface area contributed by atoms with Crippen LogP contribution < -0.4 is 10.2 Å². The summed E-state index contributed by atoms with van der Waals surface area (Å²) < 4.78 is 19.1. The average molecular weight is 351 g/mol. The summed E-state index contributed by atoms with van der Waals surface area (Å²) in [6, 6.07) is 13.0. The van der Waals surface area contributed by atoms with Crippen LogP contribution in [0.2, 0.25) is 0 Å². The minimum atomic E-state index is -0.400. The van der Waals surface area contributed by atoms with Crippen LogP contribution in [0, 0.1) is 5.82 Å². The van der Waals surface area contributed by atoms with Crippen LogP contribution in [0.5, 0.6) is 5.75 Å². The van der Waals surface area contributed by atoms with Crippen LogP contribution in [0.3, 0.4) is 0 Å². The molecule has 2 aromatic rings. The van der Waals surface area contributed by atoms with E-state index in [1.165, 1.54) is 18.3 Å².